The van der Waals surface area contributed by atoms with Crippen LogP contribution in [-0.2, 0) is 11.3 Å². The van der Waals surface area contributed by atoms with Gasteiger partial charge in [-0.2, -0.15) is 0 Å². The number of carboxylic acids is 1. The fraction of sp³-hybridized carbons (Fsp3) is 0.667. The summed E-state index contributed by atoms with van der Waals surface area (Å²) in [5.41, 5.74) is -0.0609. The van der Waals surface area contributed by atoms with Crippen LogP contribution in [-0.4, -0.2) is 63.1 Å². The SMILES string of the molecule is O=C(O)c1cn(CCNCCC(=O)N2CCCC2)nn1. The number of nitrogens with zero attached hydrogens (tertiary/aromatic N) is 4. The molecule has 1 aromatic heterocycles. The normalized spacial score (nSPS) is 14.7. The van der Waals surface area contributed by atoms with Crippen LogP contribution in [0.3, 0.4) is 0 Å². The Morgan fingerprint density at radius 1 is 1.30 bits per heavy atom. The Morgan fingerprint density at radius 2 is 2.05 bits per heavy atom. The summed E-state index contributed by atoms with van der Waals surface area (Å²) in [4.78, 5) is 24.3. The van der Waals surface area contributed by atoms with E-state index >= 15 is 0 Å². The smallest absolute Gasteiger partial charge is 0.358 e. The maximum Gasteiger partial charge on any atom is 0.358 e. The fourth-order valence-electron chi connectivity index (χ4n) is 2.14. The number of likely N-dealkylation sites (tertiary alicyclic amines) is 1. The molecule has 20 heavy (non-hydrogen) atoms. The first kappa shape index (κ1) is 14.4. The van der Waals surface area contributed by atoms with Gasteiger partial charge in [0.25, 0.3) is 0 Å². The molecule has 1 aliphatic rings. The zero-order valence-electron chi connectivity index (χ0n) is 11.3. The van der Waals surface area contributed by atoms with Crippen LogP contribution in [0.1, 0.15) is 29.8 Å². The second kappa shape index (κ2) is 6.99. The number of carbonyl (C=O) groups excluding carboxylic acids is 1. The van der Waals surface area contributed by atoms with E-state index in [-0.39, 0.29) is 11.6 Å². The van der Waals surface area contributed by atoms with Crippen molar-refractivity contribution in [1.82, 2.24) is 25.2 Å². The topological polar surface area (TPSA) is 100 Å². The molecular weight excluding hydrogens is 262 g/mol. The predicted molar refractivity (Wildman–Crippen MR) is 70.3 cm³/mol. The molecule has 0 bridgehead atoms. The van der Waals surface area contributed by atoms with Crippen LogP contribution in [0.5, 0.6) is 0 Å². The van der Waals surface area contributed by atoms with Crippen molar-refractivity contribution in [2.75, 3.05) is 26.2 Å². The van der Waals surface area contributed by atoms with Gasteiger partial charge in [0.2, 0.25) is 5.91 Å². The summed E-state index contributed by atoms with van der Waals surface area (Å²) in [5, 5.41) is 19.1. The first-order chi connectivity index (χ1) is 9.66. The number of carbonyl (C=O) groups is 2. The van der Waals surface area contributed by atoms with Gasteiger partial charge in [-0.3, -0.25) is 9.48 Å². The Hall–Kier alpha value is -1.96. The molecule has 0 unspecified atom stereocenters. The predicted octanol–water partition coefficient (Wildman–Crippen LogP) is -0.422. The first-order valence-corrected chi connectivity index (χ1v) is 6.79. The molecule has 1 amide bonds. The van der Waals surface area contributed by atoms with E-state index in [0.29, 0.717) is 26.1 Å². The lowest BCUT2D eigenvalue weighted by molar-refractivity contribution is -0.130. The summed E-state index contributed by atoms with van der Waals surface area (Å²) in [6, 6.07) is 0. The van der Waals surface area contributed by atoms with Crippen molar-refractivity contribution in [3.05, 3.63) is 11.9 Å². The molecule has 8 heteroatoms. The van der Waals surface area contributed by atoms with E-state index in [9.17, 15) is 9.59 Å². The number of rotatable bonds is 7. The fourth-order valence-corrected chi connectivity index (χ4v) is 2.14. The third kappa shape index (κ3) is 4.02. The highest BCUT2D eigenvalue weighted by molar-refractivity contribution is 5.84. The van der Waals surface area contributed by atoms with Crippen molar-refractivity contribution < 1.29 is 14.7 Å². The molecule has 1 saturated heterocycles. The van der Waals surface area contributed by atoms with Crippen molar-refractivity contribution in [1.29, 1.82) is 0 Å². The molecule has 1 aliphatic heterocycles. The molecule has 110 valence electrons. The Balaban J connectivity index is 1.59. The Morgan fingerprint density at radius 3 is 2.70 bits per heavy atom. The number of carboxylic acid groups (broad SMARTS) is 1. The van der Waals surface area contributed by atoms with Crippen molar-refractivity contribution in [3.8, 4) is 0 Å². The van der Waals surface area contributed by atoms with Crippen LogP contribution in [0.2, 0.25) is 0 Å². The summed E-state index contributed by atoms with van der Waals surface area (Å²) in [6.07, 6.45) is 4.10. The molecule has 8 nitrogen and oxygen atoms in total. The zero-order chi connectivity index (χ0) is 14.4. The molecule has 1 fully saturated rings. The number of hydrogen-bond donors (Lipinski definition) is 2. The quantitative estimate of drug-likeness (QED) is 0.658. The monoisotopic (exact) mass is 281 g/mol. The molecule has 0 saturated carbocycles. The second-order valence-electron chi connectivity index (χ2n) is 4.76. The summed E-state index contributed by atoms with van der Waals surface area (Å²) in [5.74, 6) is -0.885. The molecule has 0 radical (unpaired) electrons. The molecule has 0 atom stereocenters. The number of hydrogen-bond acceptors (Lipinski definition) is 5. The molecule has 0 aliphatic carbocycles. The average molecular weight is 281 g/mol. The van der Waals surface area contributed by atoms with E-state index in [4.69, 9.17) is 5.11 Å². The van der Waals surface area contributed by atoms with Crippen LogP contribution >= 0.6 is 0 Å². The van der Waals surface area contributed by atoms with Gasteiger partial charge in [-0.05, 0) is 12.8 Å². The van der Waals surface area contributed by atoms with Gasteiger partial charge in [-0.15, -0.1) is 5.10 Å². The molecule has 1 aromatic rings. The summed E-state index contributed by atoms with van der Waals surface area (Å²) >= 11 is 0. The van der Waals surface area contributed by atoms with E-state index in [1.807, 2.05) is 4.90 Å². The molecule has 2 N–H and O–H groups in total. The minimum Gasteiger partial charge on any atom is -0.476 e. The van der Waals surface area contributed by atoms with Crippen LogP contribution < -0.4 is 5.32 Å². The van der Waals surface area contributed by atoms with E-state index in [1.165, 1.54) is 10.9 Å². The maximum absolute atomic E-state index is 11.7. The molecule has 0 aromatic carbocycles. The molecular formula is C12H19N5O3. The van der Waals surface area contributed by atoms with E-state index in [0.717, 1.165) is 25.9 Å². The molecule has 2 heterocycles. The summed E-state index contributed by atoms with van der Waals surface area (Å²) in [6.45, 7) is 3.54. The summed E-state index contributed by atoms with van der Waals surface area (Å²) in [7, 11) is 0. The van der Waals surface area contributed by atoms with Crippen molar-refractivity contribution in [2.24, 2.45) is 0 Å². The van der Waals surface area contributed by atoms with E-state index in [1.54, 1.807) is 0 Å². The highest BCUT2D eigenvalue weighted by atomic mass is 16.4. The largest absolute Gasteiger partial charge is 0.476 e. The number of nitrogens with one attached hydrogen (secondary N) is 1. The maximum atomic E-state index is 11.7. The van der Waals surface area contributed by atoms with Crippen molar-refractivity contribution >= 4 is 11.9 Å². The first-order valence-electron chi connectivity index (χ1n) is 6.79. The van der Waals surface area contributed by atoms with Gasteiger partial charge in [0.1, 0.15) is 0 Å². The number of aromatic carboxylic acids is 1. The van der Waals surface area contributed by atoms with Crippen LogP contribution in [0.15, 0.2) is 6.20 Å². The van der Waals surface area contributed by atoms with Gasteiger partial charge in [0.15, 0.2) is 5.69 Å². The van der Waals surface area contributed by atoms with Gasteiger partial charge in [-0.25, -0.2) is 4.79 Å². The van der Waals surface area contributed by atoms with Gasteiger partial charge in [0, 0.05) is 32.6 Å². The summed E-state index contributed by atoms with van der Waals surface area (Å²) < 4.78 is 1.47. The third-order valence-electron chi connectivity index (χ3n) is 3.25. The minimum atomic E-state index is -1.08. The third-order valence-corrected chi connectivity index (χ3v) is 3.25. The lowest BCUT2D eigenvalue weighted by Crippen LogP contribution is -2.31. The van der Waals surface area contributed by atoms with Gasteiger partial charge in [0.05, 0.1) is 12.7 Å². The van der Waals surface area contributed by atoms with Gasteiger partial charge in [-0.1, -0.05) is 5.21 Å². The van der Waals surface area contributed by atoms with Crippen molar-refractivity contribution in [2.45, 2.75) is 25.8 Å². The van der Waals surface area contributed by atoms with Gasteiger partial charge >= 0.3 is 5.97 Å². The Labute approximate surface area is 116 Å². The Bertz CT molecular complexity index is 467. The standard InChI is InChI=1S/C12H19N5O3/c18-11(16-6-1-2-7-16)3-4-13-5-8-17-9-10(12(19)20)14-15-17/h9,13H,1-8H2,(H,19,20). The van der Waals surface area contributed by atoms with E-state index in [2.05, 4.69) is 15.6 Å². The lowest BCUT2D eigenvalue weighted by atomic mass is 10.3. The highest BCUT2D eigenvalue weighted by Gasteiger charge is 2.16. The van der Waals surface area contributed by atoms with Crippen molar-refractivity contribution in [3.63, 3.8) is 0 Å². The Kier molecular flexibility index (Phi) is 5.05. The zero-order valence-corrected chi connectivity index (χ0v) is 11.3. The van der Waals surface area contributed by atoms with Gasteiger partial charge < -0.3 is 15.3 Å². The molecule has 0 spiro atoms. The highest BCUT2D eigenvalue weighted by Crippen LogP contribution is 2.08. The number of amides is 1. The minimum absolute atomic E-state index is 0.0609. The second-order valence-corrected chi connectivity index (χ2v) is 4.76. The lowest BCUT2D eigenvalue weighted by Gasteiger charge is -2.15. The van der Waals surface area contributed by atoms with Crippen LogP contribution in [0, 0.1) is 0 Å². The van der Waals surface area contributed by atoms with E-state index < -0.39 is 5.97 Å². The molecule has 2 rings (SSSR count). The van der Waals surface area contributed by atoms with Crippen LogP contribution in [0.25, 0.3) is 0 Å². The number of aromatic nitrogens is 3. The van der Waals surface area contributed by atoms with Crippen LogP contribution in [0.4, 0.5) is 0 Å². The average Bonchev–Trinajstić information content (AvgIpc) is 3.09.